The van der Waals surface area contributed by atoms with Gasteiger partial charge in [-0.2, -0.15) is 5.26 Å². The third-order valence-corrected chi connectivity index (χ3v) is 4.81. The third kappa shape index (κ3) is 3.78. The van der Waals surface area contributed by atoms with Crippen molar-refractivity contribution >= 4 is 22.7 Å². The Morgan fingerprint density at radius 3 is 2.53 bits per heavy atom. The largest absolute Gasteiger partial charge is 0.436 e. The van der Waals surface area contributed by atoms with E-state index in [-0.39, 0.29) is 11.1 Å². The van der Waals surface area contributed by atoms with Gasteiger partial charge in [-0.1, -0.05) is 19.9 Å². The summed E-state index contributed by atoms with van der Waals surface area (Å²) in [5, 5.41) is 11.4. The molecule has 0 aliphatic heterocycles. The van der Waals surface area contributed by atoms with E-state index in [9.17, 15) is 9.18 Å². The van der Waals surface area contributed by atoms with Crippen LogP contribution in [0.15, 0.2) is 65.1 Å². The van der Waals surface area contributed by atoms with E-state index in [2.05, 4.69) is 24.1 Å². The second-order valence-corrected chi connectivity index (χ2v) is 7.24. The van der Waals surface area contributed by atoms with Crippen molar-refractivity contribution in [3.05, 3.63) is 83.2 Å². The summed E-state index contributed by atoms with van der Waals surface area (Å²) in [4.78, 5) is 16.9. The zero-order chi connectivity index (χ0) is 21.3. The fraction of sp³-hybridized carbons (Fsp3) is 0.125. The molecular weight excluding hydrogens is 381 g/mol. The Labute approximate surface area is 172 Å². The maximum Gasteiger partial charge on any atom is 0.258 e. The summed E-state index contributed by atoms with van der Waals surface area (Å²) in [6.07, 6.45) is 0. The molecule has 1 amide bonds. The molecule has 5 nitrogen and oxygen atoms in total. The molecule has 0 bridgehead atoms. The Hall–Kier alpha value is -3.98. The van der Waals surface area contributed by atoms with E-state index in [0.717, 1.165) is 17.1 Å². The van der Waals surface area contributed by atoms with E-state index >= 15 is 0 Å². The Bertz CT molecular complexity index is 1280. The van der Waals surface area contributed by atoms with Gasteiger partial charge in [0.1, 0.15) is 11.3 Å². The lowest BCUT2D eigenvalue weighted by Crippen LogP contribution is -2.13. The van der Waals surface area contributed by atoms with Gasteiger partial charge < -0.3 is 9.73 Å². The quantitative estimate of drug-likeness (QED) is 0.465. The van der Waals surface area contributed by atoms with E-state index in [4.69, 9.17) is 9.68 Å². The van der Waals surface area contributed by atoms with E-state index < -0.39 is 11.7 Å². The van der Waals surface area contributed by atoms with Crippen LogP contribution in [0.3, 0.4) is 0 Å². The number of rotatable bonds is 4. The second-order valence-electron chi connectivity index (χ2n) is 7.24. The lowest BCUT2D eigenvalue weighted by Gasteiger charge is -2.07. The predicted octanol–water partition coefficient (Wildman–Crippen LogP) is 5.88. The van der Waals surface area contributed by atoms with Crippen LogP contribution in [0.25, 0.3) is 22.6 Å². The van der Waals surface area contributed by atoms with Crippen LogP contribution in [-0.2, 0) is 0 Å². The lowest BCUT2D eigenvalue weighted by atomic mass is 10.0. The number of nitrogens with zero attached hydrogens (tertiary/aromatic N) is 2. The molecule has 0 radical (unpaired) electrons. The number of amides is 1. The molecule has 0 unspecified atom stereocenters. The van der Waals surface area contributed by atoms with Crippen LogP contribution in [0, 0.1) is 17.1 Å². The zero-order valence-corrected chi connectivity index (χ0v) is 16.4. The number of nitrogens with one attached hydrogen (secondary N) is 1. The summed E-state index contributed by atoms with van der Waals surface area (Å²) in [5.41, 5.74) is 4.00. The first kappa shape index (κ1) is 19.3. The molecule has 0 saturated carbocycles. The van der Waals surface area contributed by atoms with Gasteiger partial charge >= 0.3 is 0 Å². The Balaban J connectivity index is 1.54. The number of hydrogen-bond acceptors (Lipinski definition) is 4. The van der Waals surface area contributed by atoms with Gasteiger partial charge in [-0.05, 0) is 66.1 Å². The molecule has 4 rings (SSSR count). The van der Waals surface area contributed by atoms with Gasteiger partial charge in [0.15, 0.2) is 5.58 Å². The summed E-state index contributed by atoms with van der Waals surface area (Å²) < 4.78 is 19.9. The number of anilines is 1. The topological polar surface area (TPSA) is 78.9 Å². The average molecular weight is 399 g/mol. The normalized spacial score (nSPS) is 10.9. The van der Waals surface area contributed by atoms with E-state index in [1.165, 1.54) is 17.7 Å². The Morgan fingerprint density at radius 1 is 1.10 bits per heavy atom. The van der Waals surface area contributed by atoms with Crippen LogP contribution in [0.1, 0.15) is 41.3 Å². The summed E-state index contributed by atoms with van der Waals surface area (Å²) in [5.74, 6) is -0.441. The van der Waals surface area contributed by atoms with Gasteiger partial charge in [0.05, 0.1) is 17.2 Å². The molecule has 0 atom stereocenters. The fourth-order valence-electron chi connectivity index (χ4n) is 3.09. The highest BCUT2D eigenvalue weighted by Crippen LogP contribution is 2.27. The van der Waals surface area contributed by atoms with Gasteiger partial charge in [0.2, 0.25) is 5.89 Å². The number of carbonyl (C=O) groups excluding carboxylic acids is 1. The van der Waals surface area contributed by atoms with E-state index in [0.29, 0.717) is 23.1 Å². The van der Waals surface area contributed by atoms with Crippen molar-refractivity contribution in [2.24, 2.45) is 0 Å². The molecule has 6 heteroatoms. The van der Waals surface area contributed by atoms with Crippen molar-refractivity contribution in [3.8, 4) is 17.5 Å². The molecule has 148 valence electrons. The molecule has 1 N–H and O–H groups in total. The Morgan fingerprint density at radius 2 is 1.87 bits per heavy atom. The van der Waals surface area contributed by atoms with Gasteiger partial charge in [-0.3, -0.25) is 4.79 Å². The monoisotopic (exact) mass is 399 g/mol. The highest BCUT2D eigenvalue weighted by Gasteiger charge is 2.14. The number of carbonyl (C=O) groups is 1. The van der Waals surface area contributed by atoms with Gasteiger partial charge in [-0.25, -0.2) is 9.37 Å². The third-order valence-electron chi connectivity index (χ3n) is 4.81. The van der Waals surface area contributed by atoms with Crippen LogP contribution >= 0.6 is 0 Å². The molecule has 0 spiro atoms. The Kier molecular flexibility index (Phi) is 5.03. The summed E-state index contributed by atoms with van der Waals surface area (Å²) in [6, 6.07) is 18.5. The number of oxazole rings is 1. The van der Waals surface area contributed by atoms with Crippen molar-refractivity contribution in [3.63, 3.8) is 0 Å². The molecule has 1 heterocycles. The smallest absolute Gasteiger partial charge is 0.258 e. The van der Waals surface area contributed by atoms with Gasteiger partial charge in [0.25, 0.3) is 5.91 Å². The number of aromatic nitrogens is 1. The first-order valence-electron chi connectivity index (χ1n) is 9.46. The minimum absolute atomic E-state index is 0.127. The maximum atomic E-state index is 14.0. The highest BCUT2D eigenvalue weighted by atomic mass is 19.1. The van der Waals surface area contributed by atoms with Crippen LogP contribution in [0.5, 0.6) is 0 Å². The van der Waals surface area contributed by atoms with Crippen molar-refractivity contribution in [2.45, 2.75) is 19.8 Å². The van der Waals surface area contributed by atoms with Crippen LogP contribution in [-0.4, -0.2) is 10.9 Å². The van der Waals surface area contributed by atoms with Crippen LogP contribution in [0.2, 0.25) is 0 Å². The maximum absolute atomic E-state index is 14.0. The van der Waals surface area contributed by atoms with Crippen molar-refractivity contribution in [1.29, 1.82) is 5.26 Å². The van der Waals surface area contributed by atoms with Crippen molar-refractivity contribution < 1.29 is 13.6 Å². The molecule has 0 saturated heterocycles. The SMILES string of the molecule is CC(C)c1ccc2oc(-c3ccc(NC(=O)c4ccc(C#N)cc4F)cc3)nc2c1. The number of benzene rings is 3. The first-order valence-corrected chi connectivity index (χ1v) is 9.46. The zero-order valence-electron chi connectivity index (χ0n) is 16.4. The highest BCUT2D eigenvalue weighted by molar-refractivity contribution is 6.04. The molecule has 0 aliphatic rings. The fourth-order valence-corrected chi connectivity index (χ4v) is 3.09. The molecule has 4 aromatic rings. The molecule has 30 heavy (non-hydrogen) atoms. The summed E-state index contributed by atoms with van der Waals surface area (Å²) in [7, 11) is 0. The minimum Gasteiger partial charge on any atom is -0.436 e. The molecule has 3 aromatic carbocycles. The number of hydrogen-bond donors (Lipinski definition) is 1. The van der Waals surface area contributed by atoms with Crippen LogP contribution in [0.4, 0.5) is 10.1 Å². The van der Waals surface area contributed by atoms with E-state index in [1.807, 2.05) is 24.3 Å². The summed E-state index contributed by atoms with van der Waals surface area (Å²) >= 11 is 0. The van der Waals surface area contributed by atoms with Gasteiger partial charge in [0, 0.05) is 11.3 Å². The summed E-state index contributed by atoms with van der Waals surface area (Å²) in [6.45, 7) is 4.25. The number of nitriles is 1. The van der Waals surface area contributed by atoms with Gasteiger partial charge in [-0.15, -0.1) is 0 Å². The first-order chi connectivity index (χ1) is 14.4. The molecular formula is C24H18FN3O2. The molecule has 0 fully saturated rings. The number of fused-ring (bicyclic) bond motifs is 1. The van der Waals surface area contributed by atoms with Crippen molar-refractivity contribution in [1.82, 2.24) is 4.98 Å². The second kappa shape index (κ2) is 7.80. The standard InChI is InChI=1S/C24H18FN3O2/c1-14(2)17-6-10-22-21(12-17)28-24(30-22)16-4-7-18(8-5-16)27-23(29)19-9-3-15(13-26)11-20(19)25/h3-12,14H,1-2H3,(H,27,29). The predicted molar refractivity (Wildman–Crippen MR) is 113 cm³/mol. The number of halogens is 1. The van der Waals surface area contributed by atoms with Crippen molar-refractivity contribution in [2.75, 3.05) is 5.32 Å². The van der Waals surface area contributed by atoms with E-state index in [1.54, 1.807) is 24.3 Å². The lowest BCUT2D eigenvalue weighted by molar-refractivity contribution is 0.102. The average Bonchev–Trinajstić information content (AvgIpc) is 3.17. The molecule has 1 aromatic heterocycles. The minimum atomic E-state index is -0.740. The van der Waals surface area contributed by atoms with Crippen LogP contribution < -0.4 is 5.32 Å². The molecule has 0 aliphatic carbocycles.